The SMILES string of the molecule is COc1ccc(N2C(SCC=C(C)C)=N[C@@H]3CS(=O)(=O)C[C@H]32)c(OC)c1. The van der Waals surface area contributed by atoms with E-state index in [4.69, 9.17) is 14.5 Å². The zero-order valence-corrected chi connectivity index (χ0v) is 17.1. The molecule has 0 radical (unpaired) electrons. The standard InChI is InChI=1S/C18H24N2O4S2/c1-12(2)7-8-25-18-19-14-10-26(21,22)11-16(14)20(18)15-6-5-13(23-3)9-17(15)24-4/h5-7,9,14,16H,8,10-11H2,1-4H3/t14-,16-/m1/s1. The number of aliphatic imine (C=N–C) groups is 1. The number of allylic oxidation sites excluding steroid dienone is 1. The van der Waals surface area contributed by atoms with E-state index >= 15 is 0 Å². The van der Waals surface area contributed by atoms with Crippen LogP contribution in [0.25, 0.3) is 0 Å². The first-order valence-corrected chi connectivity index (χ1v) is 11.2. The molecule has 26 heavy (non-hydrogen) atoms. The van der Waals surface area contributed by atoms with Crippen molar-refractivity contribution in [2.45, 2.75) is 25.9 Å². The van der Waals surface area contributed by atoms with E-state index in [1.807, 2.05) is 23.1 Å². The molecule has 0 saturated carbocycles. The van der Waals surface area contributed by atoms with Crippen molar-refractivity contribution >= 4 is 32.5 Å². The number of hydrogen-bond donors (Lipinski definition) is 0. The average Bonchev–Trinajstić information content (AvgIpc) is 3.05. The van der Waals surface area contributed by atoms with Crippen LogP contribution in [0.5, 0.6) is 11.5 Å². The summed E-state index contributed by atoms with van der Waals surface area (Å²) in [6, 6.07) is 5.16. The van der Waals surface area contributed by atoms with Crippen LogP contribution in [0.1, 0.15) is 13.8 Å². The molecule has 0 aliphatic carbocycles. The van der Waals surface area contributed by atoms with E-state index in [9.17, 15) is 8.42 Å². The van der Waals surface area contributed by atoms with Gasteiger partial charge >= 0.3 is 0 Å². The molecule has 2 aliphatic rings. The first-order valence-electron chi connectivity index (χ1n) is 8.40. The lowest BCUT2D eigenvalue weighted by Crippen LogP contribution is -2.39. The summed E-state index contributed by atoms with van der Waals surface area (Å²) in [7, 11) is 0.133. The molecule has 1 aromatic rings. The van der Waals surface area contributed by atoms with Crippen molar-refractivity contribution in [1.29, 1.82) is 0 Å². The number of rotatable bonds is 5. The molecule has 0 N–H and O–H groups in total. The normalized spacial score (nSPS) is 23.4. The third-order valence-electron chi connectivity index (χ3n) is 4.46. The van der Waals surface area contributed by atoms with Crippen LogP contribution in [0.3, 0.4) is 0 Å². The zero-order valence-electron chi connectivity index (χ0n) is 15.4. The Morgan fingerprint density at radius 3 is 2.73 bits per heavy atom. The summed E-state index contributed by atoms with van der Waals surface area (Å²) in [6.45, 7) is 4.12. The fourth-order valence-electron chi connectivity index (χ4n) is 3.18. The number of benzene rings is 1. The highest BCUT2D eigenvalue weighted by atomic mass is 32.2. The van der Waals surface area contributed by atoms with Crippen LogP contribution in [0.2, 0.25) is 0 Å². The first kappa shape index (κ1) is 19.1. The van der Waals surface area contributed by atoms with E-state index in [1.165, 1.54) is 5.57 Å². The predicted molar refractivity (Wildman–Crippen MR) is 108 cm³/mol. The molecule has 2 atom stereocenters. The summed E-state index contributed by atoms with van der Waals surface area (Å²) in [4.78, 5) is 6.75. The van der Waals surface area contributed by atoms with Gasteiger partial charge in [-0.3, -0.25) is 4.99 Å². The minimum absolute atomic E-state index is 0.110. The Kier molecular flexibility index (Phi) is 5.53. The number of methoxy groups -OCH3 is 2. The van der Waals surface area contributed by atoms with Gasteiger partial charge in [0.2, 0.25) is 0 Å². The summed E-state index contributed by atoms with van der Waals surface area (Å²) < 4.78 is 35.1. The number of fused-ring (bicyclic) bond motifs is 1. The Morgan fingerprint density at radius 1 is 1.31 bits per heavy atom. The lowest BCUT2D eigenvalue weighted by molar-refractivity contribution is 0.394. The van der Waals surface area contributed by atoms with Gasteiger partial charge in [0, 0.05) is 11.8 Å². The van der Waals surface area contributed by atoms with Crippen LogP contribution in [0.4, 0.5) is 5.69 Å². The highest BCUT2D eigenvalue weighted by Gasteiger charge is 2.47. The summed E-state index contributed by atoms with van der Waals surface area (Å²) in [5.74, 6) is 2.35. The number of hydrogen-bond acceptors (Lipinski definition) is 7. The van der Waals surface area contributed by atoms with Gasteiger partial charge in [0.15, 0.2) is 15.0 Å². The smallest absolute Gasteiger partial charge is 0.164 e. The molecule has 8 heteroatoms. The van der Waals surface area contributed by atoms with Gasteiger partial charge in [-0.05, 0) is 26.0 Å². The molecule has 0 aromatic heterocycles. The molecule has 3 rings (SSSR count). The van der Waals surface area contributed by atoms with Gasteiger partial charge < -0.3 is 14.4 Å². The highest BCUT2D eigenvalue weighted by Crippen LogP contribution is 2.40. The summed E-state index contributed by atoms with van der Waals surface area (Å²) >= 11 is 1.62. The second-order valence-corrected chi connectivity index (χ2v) is 9.76. The van der Waals surface area contributed by atoms with Gasteiger partial charge in [0.05, 0.1) is 43.5 Å². The molecule has 0 bridgehead atoms. The third kappa shape index (κ3) is 3.86. The molecule has 142 valence electrons. The van der Waals surface area contributed by atoms with Crippen molar-refractivity contribution in [3.05, 3.63) is 29.8 Å². The first-order chi connectivity index (χ1) is 12.3. The van der Waals surface area contributed by atoms with Crippen LogP contribution >= 0.6 is 11.8 Å². The number of thioether (sulfide) groups is 1. The molecule has 2 aliphatic heterocycles. The lowest BCUT2D eigenvalue weighted by Gasteiger charge is -2.28. The predicted octanol–water partition coefficient (Wildman–Crippen LogP) is 2.74. The van der Waals surface area contributed by atoms with Crippen molar-refractivity contribution in [3.8, 4) is 11.5 Å². The molecule has 1 saturated heterocycles. The number of nitrogens with zero attached hydrogens (tertiary/aromatic N) is 2. The van der Waals surface area contributed by atoms with Crippen LogP contribution in [0, 0.1) is 0 Å². The summed E-state index contributed by atoms with van der Waals surface area (Å²) in [5, 5.41) is 0.843. The monoisotopic (exact) mass is 396 g/mol. The van der Waals surface area contributed by atoms with Gasteiger partial charge in [-0.1, -0.05) is 23.4 Å². The van der Waals surface area contributed by atoms with E-state index in [-0.39, 0.29) is 23.6 Å². The maximum Gasteiger partial charge on any atom is 0.164 e. The van der Waals surface area contributed by atoms with E-state index in [2.05, 4.69) is 19.9 Å². The van der Waals surface area contributed by atoms with E-state index in [1.54, 1.807) is 26.0 Å². The summed E-state index contributed by atoms with van der Waals surface area (Å²) in [6.07, 6.45) is 2.14. The fourth-order valence-corrected chi connectivity index (χ4v) is 6.17. The molecule has 6 nitrogen and oxygen atoms in total. The molecule has 0 spiro atoms. The third-order valence-corrected chi connectivity index (χ3v) is 7.05. The van der Waals surface area contributed by atoms with Crippen molar-refractivity contribution < 1.29 is 17.9 Å². The number of ether oxygens (including phenoxy) is 2. The minimum atomic E-state index is -3.07. The van der Waals surface area contributed by atoms with Gasteiger partial charge in [-0.2, -0.15) is 0 Å². The topological polar surface area (TPSA) is 68.2 Å². The minimum Gasteiger partial charge on any atom is -0.497 e. The molecular weight excluding hydrogens is 372 g/mol. The van der Waals surface area contributed by atoms with Gasteiger partial charge in [-0.25, -0.2) is 8.42 Å². The quantitative estimate of drug-likeness (QED) is 0.713. The number of anilines is 1. The van der Waals surface area contributed by atoms with Crippen molar-refractivity contribution in [1.82, 2.24) is 0 Å². The Morgan fingerprint density at radius 2 is 2.08 bits per heavy atom. The molecule has 2 heterocycles. The summed E-state index contributed by atoms with van der Waals surface area (Å²) in [5.41, 5.74) is 2.06. The Labute approximate surface area is 159 Å². The van der Waals surface area contributed by atoms with Crippen molar-refractivity contribution in [2.24, 2.45) is 4.99 Å². The van der Waals surface area contributed by atoms with Crippen LogP contribution in [-0.4, -0.2) is 57.1 Å². The van der Waals surface area contributed by atoms with E-state index < -0.39 is 9.84 Å². The van der Waals surface area contributed by atoms with Crippen LogP contribution in [-0.2, 0) is 9.84 Å². The van der Waals surface area contributed by atoms with Crippen molar-refractivity contribution in [2.75, 3.05) is 36.4 Å². The zero-order chi connectivity index (χ0) is 18.9. The Balaban J connectivity index is 1.97. The molecule has 0 amide bonds. The van der Waals surface area contributed by atoms with E-state index in [0.717, 1.165) is 16.6 Å². The van der Waals surface area contributed by atoms with Gasteiger partial charge in [0.25, 0.3) is 0 Å². The maximum absolute atomic E-state index is 12.1. The number of sulfone groups is 1. The van der Waals surface area contributed by atoms with Crippen LogP contribution < -0.4 is 14.4 Å². The van der Waals surface area contributed by atoms with Crippen molar-refractivity contribution in [3.63, 3.8) is 0 Å². The highest BCUT2D eigenvalue weighted by molar-refractivity contribution is 8.14. The molecular formula is C18H24N2O4S2. The average molecular weight is 397 g/mol. The fraction of sp³-hybridized carbons (Fsp3) is 0.500. The lowest BCUT2D eigenvalue weighted by atomic mass is 10.1. The van der Waals surface area contributed by atoms with Gasteiger partial charge in [0.1, 0.15) is 11.5 Å². The molecule has 0 unspecified atom stereocenters. The largest absolute Gasteiger partial charge is 0.497 e. The second-order valence-electron chi connectivity index (χ2n) is 6.62. The Hall–Kier alpha value is -1.67. The number of amidine groups is 1. The second kappa shape index (κ2) is 7.52. The van der Waals surface area contributed by atoms with E-state index in [0.29, 0.717) is 11.5 Å². The maximum atomic E-state index is 12.1. The molecule has 1 fully saturated rings. The molecule has 1 aromatic carbocycles. The van der Waals surface area contributed by atoms with Crippen LogP contribution in [0.15, 0.2) is 34.8 Å². The van der Waals surface area contributed by atoms with Gasteiger partial charge in [-0.15, -0.1) is 0 Å². The Bertz CT molecular complexity index is 845.